The number of fused-ring (bicyclic) bond motifs is 5. The van der Waals surface area contributed by atoms with Gasteiger partial charge in [-0.2, -0.15) is 0 Å². The third kappa shape index (κ3) is 4.88. The quantitative estimate of drug-likeness (QED) is 0.0623. The van der Waals surface area contributed by atoms with Crippen molar-refractivity contribution in [2.24, 2.45) is 5.41 Å². The second kappa shape index (κ2) is 15.8. The molecule has 438 valence electrons. The maximum Gasteiger partial charge on any atom is 0.307 e. The molecule has 0 aliphatic heterocycles. The Morgan fingerprint density at radius 1 is 0.261 bits per heavy atom. The lowest BCUT2D eigenvalue weighted by atomic mass is 9.34. The van der Waals surface area contributed by atoms with Crippen LogP contribution in [0.4, 0.5) is 0 Å². The molecule has 11 aliphatic rings. The molecule has 0 fully saturated rings. The first-order chi connectivity index (χ1) is 44.6. The zero-order chi connectivity index (χ0) is 62.0. The lowest BCUT2D eigenvalue weighted by molar-refractivity contribution is -0.137. The predicted octanol–water partition coefficient (Wildman–Crippen LogP) is 13.8. The summed E-state index contributed by atoms with van der Waals surface area (Å²) < 4.78 is 0. The molecule has 0 saturated carbocycles. The summed E-state index contributed by atoms with van der Waals surface area (Å²) >= 11 is 0. The minimum Gasteiger partial charge on any atom is -0.481 e. The van der Waals surface area contributed by atoms with Crippen LogP contribution >= 0.6 is 0 Å². The summed E-state index contributed by atoms with van der Waals surface area (Å²) in [5.74, 6) is -4.64. The molecule has 0 bridgehead atoms. The second-order valence-electron chi connectivity index (χ2n) is 27.4. The van der Waals surface area contributed by atoms with Crippen LogP contribution in [0, 0.1) is 5.41 Å². The first-order valence-corrected chi connectivity index (χ1v) is 31.6. The normalized spacial score (nSPS) is 24.6. The molecule has 10 nitrogen and oxygen atoms in total. The van der Waals surface area contributed by atoms with Crippen molar-refractivity contribution < 1.29 is 49.5 Å². The zero-order valence-electron chi connectivity index (χ0n) is 49.3. The van der Waals surface area contributed by atoms with E-state index in [0.29, 0.717) is 34.2 Å². The van der Waals surface area contributed by atoms with E-state index in [1.165, 1.54) is 77.9 Å². The number of rotatable bonds is 16. The number of carbonyl (C=O) groups is 5. The summed E-state index contributed by atoms with van der Waals surface area (Å²) in [6.07, 6.45) is -0.274. The van der Waals surface area contributed by atoms with Crippen LogP contribution in [0.1, 0.15) is 125 Å². The number of carboxylic acid groups (broad SMARTS) is 5. The lowest BCUT2D eigenvalue weighted by Gasteiger charge is -2.66. The average molecular weight is 1200 g/mol. The molecule has 2 unspecified atom stereocenters. The van der Waals surface area contributed by atoms with Crippen molar-refractivity contribution in [2.45, 2.75) is 72.5 Å². The Hall–Kier alpha value is -11.0. The van der Waals surface area contributed by atoms with Crippen LogP contribution in [0.25, 0.3) is 55.6 Å². The molecule has 10 aromatic carbocycles. The molecule has 0 radical (unpaired) electrons. The van der Waals surface area contributed by atoms with Crippen molar-refractivity contribution in [1.82, 2.24) is 0 Å². The molecule has 5 N–H and O–H groups in total. The van der Waals surface area contributed by atoms with Gasteiger partial charge in [0.1, 0.15) is 0 Å². The van der Waals surface area contributed by atoms with E-state index in [1.54, 1.807) is 0 Å². The maximum atomic E-state index is 12.7. The molecule has 92 heavy (non-hydrogen) atoms. The molecule has 10 heteroatoms. The van der Waals surface area contributed by atoms with Crippen LogP contribution in [0.2, 0.25) is 0 Å². The Balaban J connectivity index is 1.08. The van der Waals surface area contributed by atoms with E-state index in [1.807, 2.05) is 60.7 Å². The van der Waals surface area contributed by atoms with E-state index >= 15 is 0 Å². The highest BCUT2D eigenvalue weighted by Gasteiger charge is 2.86. The van der Waals surface area contributed by atoms with E-state index in [9.17, 15) is 49.5 Å². The minimum atomic E-state index is -1.08. The van der Waals surface area contributed by atoms with Crippen LogP contribution in [0.15, 0.2) is 204 Å². The van der Waals surface area contributed by atoms with Gasteiger partial charge in [-0.25, -0.2) is 0 Å². The Labute approximate surface area is 525 Å². The molecule has 0 aromatic heterocycles. The summed E-state index contributed by atoms with van der Waals surface area (Å²) in [5, 5.41) is 52.0. The smallest absolute Gasteiger partial charge is 0.307 e. The van der Waals surface area contributed by atoms with Gasteiger partial charge in [0.15, 0.2) is 0 Å². The molecule has 21 rings (SSSR count). The van der Waals surface area contributed by atoms with Crippen LogP contribution in [-0.4, -0.2) is 55.4 Å². The van der Waals surface area contributed by atoms with E-state index in [-0.39, 0.29) is 32.1 Å². The van der Waals surface area contributed by atoms with Gasteiger partial charge >= 0.3 is 29.8 Å². The van der Waals surface area contributed by atoms with Gasteiger partial charge in [0.05, 0.1) is 59.2 Å². The van der Waals surface area contributed by atoms with Crippen molar-refractivity contribution in [3.05, 3.63) is 316 Å². The molecule has 0 spiro atoms. The van der Waals surface area contributed by atoms with Gasteiger partial charge in [0.2, 0.25) is 0 Å². The van der Waals surface area contributed by atoms with E-state index in [2.05, 4.69) is 128 Å². The average Bonchev–Trinajstić information content (AvgIpc) is 1.39. The number of carboxylic acids is 5. The molecule has 11 aliphatic carbocycles. The Morgan fingerprint density at radius 2 is 0.457 bits per heavy atom. The van der Waals surface area contributed by atoms with Gasteiger partial charge in [-0.05, 0) is 196 Å². The first-order valence-electron chi connectivity index (χ1n) is 31.6. The summed E-state index contributed by atoms with van der Waals surface area (Å²) in [7, 11) is 0. The fourth-order valence-corrected chi connectivity index (χ4v) is 22.3. The maximum absolute atomic E-state index is 12.7. The second-order valence-corrected chi connectivity index (χ2v) is 27.4. The van der Waals surface area contributed by atoms with Crippen LogP contribution in [0.5, 0.6) is 0 Å². The summed E-state index contributed by atoms with van der Waals surface area (Å²) in [4.78, 5) is 63.5. The van der Waals surface area contributed by atoms with Crippen molar-refractivity contribution in [3.63, 3.8) is 0 Å². The molecule has 0 heterocycles. The van der Waals surface area contributed by atoms with Crippen molar-refractivity contribution >= 4 is 29.8 Å². The Morgan fingerprint density at radius 3 is 0.685 bits per heavy atom. The summed E-state index contributed by atoms with van der Waals surface area (Å²) in [6, 6.07) is 65.7. The van der Waals surface area contributed by atoms with Crippen LogP contribution in [0.3, 0.4) is 0 Å². The monoisotopic (exact) mass is 1190 g/mol. The van der Waals surface area contributed by atoms with Gasteiger partial charge in [-0.1, -0.05) is 189 Å². The van der Waals surface area contributed by atoms with Crippen LogP contribution < -0.4 is 0 Å². The minimum absolute atomic E-state index is 0.165. The number of aliphatic carboxylic acids is 5. The largest absolute Gasteiger partial charge is 0.481 e. The third-order valence-corrected chi connectivity index (χ3v) is 24.2. The number of hydrogen-bond donors (Lipinski definition) is 5. The fourth-order valence-electron chi connectivity index (χ4n) is 22.3. The molecule has 10 aromatic rings. The van der Waals surface area contributed by atoms with Gasteiger partial charge in [-0.3, -0.25) is 24.0 Å². The predicted molar refractivity (Wildman–Crippen MR) is 342 cm³/mol. The van der Waals surface area contributed by atoms with Gasteiger partial charge < -0.3 is 25.5 Å². The highest BCUT2D eigenvalue weighted by Crippen LogP contribution is 2.93. The van der Waals surface area contributed by atoms with Crippen molar-refractivity contribution in [3.8, 4) is 55.6 Å². The zero-order valence-corrected chi connectivity index (χ0v) is 49.3. The molecule has 6 atom stereocenters. The molecule has 0 saturated heterocycles. The summed E-state index contributed by atoms with van der Waals surface area (Å²) in [6.45, 7) is 2.38. The SMILES string of the molecule is CCC12C3=C4C5=C1[C@@]1(c6ccc(CC(=O)O)cc6)c6c7ccc8c6C2(c2ccc(CC(=O)O)cc2)c2c-8ccc6c2[C@]3(c2ccc(CC(=O)O)cc2)c2c-6ccc3c2[C@]4(c2ccc(CC(=O)O)cc2)c2c-3ccc3c2[C@]5(c2ccc(CC(=O)O)cc2)c2c-3ccc-7c21. The Bertz CT molecular complexity index is 5190. The van der Waals surface area contributed by atoms with E-state index in [0.717, 1.165) is 83.5 Å². The molecule has 0 amide bonds. The van der Waals surface area contributed by atoms with Crippen molar-refractivity contribution in [2.75, 3.05) is 0 Å². The van der Waals surface area contributed by atoms with E-state index in [4.69, 9.17) is 0 Å². The van der Waals surface area contributed by atoms with Gasteiger partial charge in [-0.15, -0.1) is 0 Å². The van der Waals surface area contributed by atoms with E-state index < -0.39 is 62.3 Å². The fraction of sp³-hybridized carbons (Fsp3) is 0.159. The Kier molecular flexibility index (Phi) is 8.72. The van der Waals surface area contributed by atoms with Crippen molar-refractivity contribution in [1.29, 1.82) is 0 Å². The highest BCUT2D eigenvalue weighted by molar-refractivity contribution is 6.15. The molecular formula is C82H50O10. The third-order valence-electron chi connectivity index (χ3n) is 24.2. The summed E-state index contributed by atoms with van der Waals surface area (Å²) in [5.41, 5.74) is 29.8. The topological polar surface area (TPSA) is 186 Å². The number of benzene rings is 10. The van der Waals surface area contributed by atoms with Gasteiger partial charge in [0.25, 0.3) is 0 Å². The van der Waals surface area contributed by atoms with Crippen LogP contribution in [-0.2, 0) is 83.2 Å². The lowest BCUT2D eigenvalue weighted by Crippen LogP contribution is -2.63. The first kappa shape index (κ1) is 50.8. The number of hydrogen-bond acceptors (Lipinski definition) is 5. The van der Waals surface area contributed by atoms with Gasteiger partial charge in [0, 0.05) is 5.41 Å². The standard InChI is InChI=1S/C82H50O10/c1-2-77-75-73-74-76(77)81(46-19-9-41(10-20-46)36-61(89)90)68-53-28-26-51-49-24-23-48-50-25-27-52-54-29-31-56-57-32-30-55(53)70(81)72(57)82(77,47-21-11-42(12-22-47)37-62(91)92)71(56)69(54)80(75,45-17-7-40(8-18-45)35-60(87)88)67(52)65(50)78(73,43-13-3-38(4-14-43)33-58(83)84)63(48)64(49)79(74,66(51)68)44-15-5-39(6-16-44)34-59(85)86/h3-32H,2,33-37H2,1H3,(H,83,84)(H,85,86)(H,87,88)(H,89,90)(H,91,92)/t77?,78-,79+,80-,81+,82?. The number of allylic oxidation sites excluding steroid dienone is 4. The molecular weight excluding hydrogens is 1140 g/mol. The highest BCUT2D eigenvalue weighted by atomic mass is 16.4.